The molecule has 0 radical (unpaired) electrons. The van der Waals surface area contributed by atoms with Gasteiger partial charge in [-0.3, -0.25) is 0 Å². The molecule has 4 aromatic carbocycles. The van der Waals surface area contributed by atoms with Crippen molar-refractivity contribution in [2.45, 2.75) is 25.7 Å². The number of benzene rings is 4. The van der Waals surface area contributed by atoms with Crippen LogP contribution in [0.2, 0.25) is 0 Å². The van der Waals surface area contributed by atoms with E-state index in [1.165, 1.54) is 24.3 Å². The smallest absolute Gasteiger partial charge is 0.157 e. The Kier molecular flexibility index (Phi) is 6.78. The Bertz CT molecular complexity index is 1300. The van der Waals surface area contributed by atoms with Crippen LogP contribution in [-0.4, -0.2) is 25.5 Å². The number of phenols is 5. The quantitative estimate of drug-likeness (QED) is 0.221. The van der Waals surface area contributed by atoms with Crippen LogP contribution >= 0.6 is 0 Å². The Balaban J connectivity index is 1.45. The van der Waals surface area contributed by atoms with E-state index in [1.807, 2.05) is 18.2 Å². The Morgan fingerprint density at radius 1 is 0.441 bits per heavy atom. The van der Waals surface area contributed by atoms with Gasteiger partial charge in [0.05, 0.1) is 0 Å². The highest BCUT2D eigenvalue weighted by Crippen LogP contribution is 2.31. The minimum absolute atomic E-state index is 0.0605. The molecule has 6 heteroatoms. The van der Waals surface area contributed by atoms with Crippen LogP contribution in [0.1, 0.15) is 22.3 Å². The van der Waals surface area contributed by atoms with Crippen molar-refractivity contribution in [3.8, 4) is 40.2 Å². The van der Waals surface area contributed by atoms with E-state index in [0.717, 1.165) is 22.3 Å². The van der Waals surface area contributed by atoms with Crippen LogP contribution in [0, 0.1) is 0 Å². The van der Waals surface area contributed by atoms with Gasteiger partial charge in [-0.05, 0) is 96.5 Å². The monoisotopic (exact) mass is 458 g/mol. The number of aryl methyl sites for hydroxylation is 4. The van der Waals surface area contributed by atoms with Crippen molar-refractivity contribution in [1.82, 2.24) is 0 Å². The molecule has 0 saturated carbocycles. The van der Waals surface area contributed by atoms with Crippen LogP contribution < -0.4 is 4.74 Å². The summed E-state index contributed by atoms with van der Waals surface area (Å²) in [4.78, 5) is 0. The Morgan fingerprint density at radius 2 is 0.971 bits per heavy atom. The SMILES string of the molecule is Oc1cccc(CCc2cc(O)cc(Oc3cc(O)cc(CCc4ccc(O)c(O)c4)c3)c2)c1. The van der Waals surface area contributed by atoms with Gasteiger partial charge in [-0.15, -0.1) is 0 Å². The number of rotatable bonds is 8. The lowest BCUT2D eigenvalue weighted by Crippen LogP contribution is -1.94. The lowest BCUT2D eigenvalue weighted by molar-refractivity contribution is 0.403. The minimum Gasteiger partial charge on any atom is -0.508 e. The molecular formula is C28H26O6. The Labute approximate surface area is 197 Å². The molecule has 0 aliphatic carbocycles. The molecule has 0 atom stereocenters. The van der Waals surface area contributed by atoms with Crippen molar-refractivity contribution < 1.29 is 30.3 Å². The average molecular weight is 459 g/mol. The molecule has 0 fully saturated rings. The molecule has 6 nitrogen and oxygen atoms in total. The van der Waals surface area contributed by atoms with Gasteiger partial charge in [0.25, 0.3) is 0 Å². The number of hydrogen-bond acceptors (Lipinski definition) is 6. The van der Waals surface area contributed by atoms with Crippen molar-refractivity contribution in [2.75, 3.05) is 0 Å². The molecule has 0 saturated heterocycles. The zero-order valence-electron chi connectivity index (χ0n) is 18.5. The fourth-order valence-corrected chi connectivity index (χ4v) is 3.84. The maximum absolute atomic E-state index is 10.2. The summed E-state index contributed by atoms with van der Waals surface area (Å²) in [6.07, 6.45) is 2.53. The highest BCUT2D eigenvalue weighted by atomic mass is 16.5. The maximum Gasteiger partial charge on any atom is 0.157 e. The molecule has 0 bridgehead atoms. The molecule has 174 valence electrons. The number of hydrogen-bond donors (Lipinski definition) is 5. The summed E-state index contributed by atoms with van der Waals surface area (Å²) < 4.78 is 5.95. The van der Waals surface area contributed by atoms with E-state index in [1.54, 1.807) is 36.4 Å². The normalized spacial score (nSPS) is 10.8. The molecule has 5 N–H and O–H groups in total. The summed E-state index contributed by atoms with van der Waals surface area (Å²) in [5.74, 6) is 0.921. The van der Waals surface area contributed by atoms with Gasteiger partial charge in [0.1, 0.15) is 28.7 Å². The first kappa shape index (κ1) is 22.9. The molecule has 0 amide bonds. The molecule has 0 heterocycles. The van der Waals surface area contributed by atoms with E-state index >= 15 is 0 Å². The third kappa shape index (κ3) is 6.13. The van der Waals surface area contributed by atoms with Crippen LogP contribution in [0.25, 0.3) is 0 Å². The lowest BCUT2D eigenvalue weighted by Gasteiger charge is -2.11. The number of ether oxygens (including phenoxy) is 1. The second kappa shape index (κ2) is 10.1. The largest absolute Gasteiger partial charge is 0.508 e. The second-order valence-corrected chi connectivity index (χ2v) is 8.27. The van der Waals surface area contributed by atoms with Gasteiger partial charge < -0.3 is 30.3 Å². The van der Waals surface area contributed by atoms with Crippen LogP contribution in [0.5, 0.6) is 40.2 Å². The van der Waals surface area contributed by atoms with E-state index in [4.69, 9.17) is 4.74 Å². The third-order valence-electron chi connectivity index (χ3n) is 5.49. The van der Waals surface area contributed by atoms with Crippen molar-refractivity contribution in [3.05, 3.63) is 101 Å². The maximum atomic E-state index is 10.2. The topological polar surface area (TPSA) is 110 Å². The average Bonchev–Trinajstić information content (AvgIpc) is 2.78. The van der Waals surface area contributed by atoms with E-state index in [0.29, 0.717) is 37.2 Å². The van der Waals surface area contributed by atoms with Crippen molar-refractivity contribution >= 4 is 0 Å². The summed E-state index contributed by atoms with van der Waals surface area (Å²) in [5, 5.41) is 49.1. The van der Waals surface area contributed by atoms with Gasteiger partial charge >= 0.3 is 0 Å². The molecule has 0 aliphatic heterocycles. The highest BCUT2D eigenvalue weighted by molar-refractivity contribution is 5.45. The summed E-state index contributed by atoms with van der Waals surface area (Å²) >= 11 is 0. The van der Waals surface area contributed by atoms with Crippen molar-refractivity contribution in [1.29, 1.82) is 0 Å². The Hall–Kier alpha value is -4.32. The van der Waals surface area contributed by atoms with Gasteiger partial charge in [-0.1, -0.05) is 18.2 Å². The second-order valence-electron chi connectivity index (χ2n) is 8.27. The molecular weight excluding hydrogens is 432 g/mol. The molecule has 4 aromatic rings. The lowest BCUT2D eigenvalue weighted by atomic mass is 10.0. The first-order valence-electron chi connectivity index (χ1n) is 11.0. The van der Waals surface area contributed by atoms with Crippen LogP contribution in [0.4, 0.5) is 0 Å². The van der Waals surface area contributed by atoms with Gasteiger partial charge in [0, 0.05) is 12.1 Å². The fraction of sp³-hybridized carbons (Fsp3) is 0.143. The number of phenolic OH excluding ortho intramolecular Hbond substituents is 5. The first-order chi connectivity index (χ1) is 16.3. The van der Waals surface area contributed by atoms with E-state index in [-0.39, 0.29) is 28.7 Å². The molecule has 0 unspecified atom stereocenters. The Morgan fingerprint density at radius 3 is 1.53 bits per heavy atom. The third-order valence-corrected chi connectivity index (χ3v) is 5.49. The molecule has 0 aromatic heterocycles. The summed E-state index contributed by atoms with van der Waals surface area (Å²) in [7, 11) is 0. The van der Waals surface area contributed by atoms with E-state index in [2.05, 4.69) is 0 Å². The molecule has 34 heavy (non-hydrogen) atoms. The fourth-order valence-electron chi connectivity index (χ4n) is 3.84. The predicted molar refractivity (Wildman–Crippen MR) is 129 cm³/mol. The van der Waals surface area contributed by atoms with Crippen LogP contribution in [0.3, 0.4) is 0 Å². The zero-order valence-corrected chi connectivity index (χ0v) is 18.5. The molecule has 0 spiro atoms. The summed E-state index contributed by atoms with van der Waals surface area (Å²) in [5.41, 5.74) is 3.56. The van der Waals surface area contributed by atoms with E-state index in [9.17, 15) is 25.5 Å². The minimum atomic E-state index is -0.166. The summed E-state index contributed by atoms with van der Waals surface area (Å²) in [6.45, 7) is 0. The standard InChI is InChI=1S/C28H26O6/c29-22-3-1-2-18(10-22)4-6-20-11-23(30)16-25(13-20)34-26-14-21(12-24(31)17-26)7-5-19-8-9-27(32)28(33)15-19/h1-3,8-17,29-33H,4-7H2. The van der Waals surface area contributed by atoms with Crippen molar-refractivity contribution in [3.63, 3.8) is 0 Å². The molecule has 0 aliphatic rings. The van der Waals surface area contributed by atoms with Gasteiger partial charge in [0.15, 0.2) is 11.5 Å². The van der Waals surface area contributed by atoms with Crippen molar-refractivity contribution in [2.24, 2.45) is 0 Å². The van der Waals surface area contributed by atoms with Gasteiger partial charge in [-0.2, -0.15) is 0 Å². The van der Waals surface area contributed by atoms with Crippen LogP contribution in [-0.2, 0) is 25.7 Å². The van der Waals surface area contributed by atoms with E-state index < -0.39 is 0 Å². The van der Waals surface area contributed by atoms with Gasteiger partial charge in [-0.25, -0.2) is 0 Å². The highest BCUT2D eigenvalue weighted by Gasteiger charge is 2.08. The van der Waals surface area contributed by atoms with Gasteiger partial charge in [0.2, 0.25) is 0 Å². The molecule has 4 rings (SSSR count). The first-order valence-corrected chi connectivity index (χ1v) is 11.0. The van der Waals surface area contributed by atoms with Crippen LogP contribution in [0.15, 0.2) is 78.9 Å². The zero-order chi connectivity index (χ0) is 24.1. The number of aromatic hydroxyl groups is 5. The summed E-state index contributed by atoms with van der Waals surface area (Å²) in [6, 6.07) is 21.8. The predicted octanol–water partition coefficient (Wildman–Crippen LogP) is 5.58.